The molecule has 0 bridgehead atoms. The van der Waals surface area contributed by atoms with E-state index in [9.17, 15) is 14.4 Å². The highest BCUT2D eigenvalue weighted by atomic mass is 16.5. The van der Waals surface area contributed by atoms with E-state index in [-0.39, 0.29) is 11.8 Å². The summed E-state index contributed by atoms with van der Waals surface area (Å²) in [6.07, 6.45) is 0.418. The van der Waals surface area contributed by atoms with Crippen molar-refractivity contribution in [3.63, 3.8) is 0 Å². The highest BCUT2D eigenvalue weighted by Crippen LogP contribution is 2.28. The van der Waals surface area contributed by atoms with Gasteiger partial charge in [-0.2, -0.15) is 0 Å². The minimum Gasteiger partial charge on any atom is -0.480 e. The molecule has 0 saturated carbocycles. The van der Waals surface area contributed by atoms with Gasteiger partial charge in [0.1, 0.15) is 12.6 Å². The Bertz CT molecular complexity index is 612. The fourth-order valence-electron chi connectivity index (χ4n) is 2.74. The minimum atomic E-state index is -1.11. The summed E-state index contributed by atoms with van der Waals surface area (Å²) >= 11 is 0. The lowest BCUT2D eigenvalue weighted by molar-refractivity contribution is -0.135. The van der Waals surface area contributed by atoms with Crippen LogP contribution in [0.5, 0.6) is 0 Å². The van der Waals surface area contributed by atoms with E-state index in [1.165, 1.54) is 12.1 Å². The molecule has 1 fully saturated rings. The van der Waals surface area contributed by atoms with Crippen LogP contribution in [0.4, 0.5) is 5.69 Å². The molecule has 0 spiro atoms. The number of carboxylic acids is 1. The van der Waals surface area contributed by atoms with Crippen molar-refractivity contribution in [1.82, 2.24) is 5.32 Å². The van der Waals surface area contributed by atoms with Crippen LogP contribution in [0.25, 0.3) is 0 Å². The number of carboxylic acid groups (broad SMARTS) is 1. The third-order valence-corrected chi connectivity index (χ3v) is 4.07. The van der Waals surface area contributed by atoms with Crippen LogP contribution in [0.1, 0.15) is 30.6 Å². The molecule has 0 aromatic heterocycles. The summed E-state index contributed by atoms with van der Waals surface area (Å²) in [5.74, 6) is -1.21. The number of aliphatic carboxylic acids is 1. The topological polar surface area (TPSA) is 105 Å². The molecule has 7 nitrogen and oxygen atoms in total. The van der Waals surface area contributed by atoms with Gasteiger partial charge in [-0.1, -0.05) is 13.8 Å². The number of nitrogens with one attached hydrogen (secondary N) is 2. The Balaban J connectivity index is 1.95. The van der Waals surface area contributed by atoms with Gasteiger partial charge in [0, 0.05) is 17.9 Å². The molecule has 0 radical (unpaired) electrons. The smallest absolute Gasteiger partial charge is 0.322 e. The Morgan fingerprint density at radius 2 is 1.92 bits per heavy atom. The maximum atomic E-state index is 12.3. The van der Waals surface area contributed by atoms with Crippen molar-refractivity contribution >= 4 is 23.5 Å². The van der Waals surface area contributed by atoms with Crippen LogP contribution >= 0.6 is 0 Å². The molecule has 1 aromatic carbocycles. The third kappa shape index (κ3) is 4.55. The van der Waals surface area contributed by atoms with Gasteiger partial charge in [0.15, 0.2) is 0 Å². The van der Waals surface area contributed by atoms with Gasteiger partial charge in [0.05, 0.1) is 0 Å². The molecule has 0 aliphatic carbocycles. The second-order valence-electron chi connectivity index (χ2n) is 6.13. The number of amides is 2. The normalized spacial score (nSPS) is 20.0. The number of hydrogen-bond donors (Lipinski definition) is 3. The molecular formula is C17H22N2O5. The Hall–Kier alpha value is -2.41. The van der Waals surface area contributed by atoms with Crippen molar-refractivity contribution in [3.05, 3.63) is 29.8 Å². The monoisotopic (exact) mass is 334 g/mol. The molecule has 2 atom stereocenters. The van der Waals surface area contributed by atoms with Crippen LogP contribution < -0.4 is 10.6 Å². The molecule has 7 heteroatoms. The molecule has 2 amide bonds. The molecule has 1 heterocycles. The fraction of sp³-hybridized carbons (Fsp3) is 0.471. The quantitative estimate of drug-likeness (QED) is 0.731. The summed E-state index contributed by atoms with van der Waals surface area (Å²) in [6, 6.07) is 6.27. The average molecular weight is 334 g/mol. The number of carbonyl (C=O) groups is 3. The zero-order chi connectivity index (χ0) is 17.7. The number of rotatable bonds is 6. The number of ether oxygens (including phenoxy) is 1. The first-order chi connectivity index (χ1) is 11.4. The second kappa shape index (κ2) is 7.92. The predicted octanol–water partition coefficient (Wildman–Crippen LogP) is 1.50. The average Bonchev–Trinajstić information content (AvgIpc) is 3.03. The van der Waals surface area contributed by atoms with Gasteiger partial charge in [-0.05, 0) is 42.5 Å². The largest absolute Gasteiger partial charge is 0.480 e. The van der Waals surface area contributed by atoms with Crippen LogP contribution in [-0.4, -0.2) is 42.1 Å². The lowest BCUT2D eigenvalue weighted by Gasteiger charge is -2.21. The van der Waals surface area contributed by atoms with Crippen LogP contribution in [-0.2, 0) is 14.3 Å². The lowest BCUT2D eigenvalue weighted by atomic mass is 9.89. The number of benzene rings is 1. The SMILES string of the molecule is CC(C)[C@@H]1CCO[C@@H]1C(=O)Nc1ccc(C(=O)NCC(=O)O)cc1. The molecule has 3 N–H and O–H groups in total. The van der Waals surface area contributed by atoms with Crippen molar-refractivity contribution < 1.29 is 24.2 Å². The molecule has 1 aliphatic rings. The summed E-state index contributed by atoms with van der Waals surface area (Å²) in [4.78, 5) is 34.5. The molecule has 130 valence electrons. The number of carbonyl (C=O) groups excluding carboxylic acids is 2. The fourth-order valence-corrected chi connectivity index (χ4v) is 2.74. The van der Waals surface area contributed by atoms with Crippen molar-refractivity contribution in [2.75, 3.05) is 18.5 Å². The van der Waals surface area contributed by atoms with E-state index >= 15 is 0 Å². The van der Waals surface area contributed by atoms with Crippen LogP contribution in [0.2, 0.25) is 0 Å². The van der Waals surface area contributed by atoms with E-state index in [0.29, 0.717) is 23.8 Å². The molecule has 0 unspecified atom stereocenters. The molecule has 1 aliphatic heterocycles. The first-order valence-electron chi connectivity index (χ1n) is 7.91. The first kappa shape index (κ1) is 17.9. The highest BCUT2D eigenvalue weighted by Gasteiger charge is 2.35. The standard InChI is InChI=1S/C17H22N2O5/c1-10(2)13-7-8-24-15(13)17(23)19-12-5-3-11(4-6-12)16(22)18-9-14(20)21/h3-6,10,13,15H,7-9H2,1-2H3,(H,18,22)(H,19,23)(H,20,21)/t13-,15-/m0/s1. The summed E-state index contributed by atoms with van der Waals surface area (Å²) in [6.45, 7) is 4.30. The van der Waals surface area contributed by atoms with Crippen molar-refractivity contribution in [1.29, 1.82) is 0 Å². The highest BCUT2D eigenvalue weighted by molar-refractivity contribution is 5.97. The van der Waals surface area contributed by atoms with Crippen molar-refractivity contribution in [3.8, 4) is 0 Å². The zero-order valence-corrected chi connectivity index (χ0v) is 13.7. The van der Waals surface area contributed by atoms with Crippen molar-refractivity contribution in [2.24, 2.45) is 11.8 Å². The zero-order valence-electron chi connectivity index (χ0n) is 13.7. The Morgan fingerprint density at radius 3 is 2.50 bits per heavy atom. The van der Waals surface area contributed by atoms with E-state index < -0.39 is 24.5 Å². The lowest BCUT2D eigenvalue weighted by Crippen LogP contribution is -2.34. The number of hydrogen-bond acceptors (Lipinski definition) is 4. The van der Waals surface area contributed by atoms with Gasteiger partial charge >= 0.3 is 5.97 Å². The Kier molecular flexibility index (Phi) is 5.92. The van der Waals surface area contributed by atoms with E-state index in [0.717, 1.165) is 6.42 Å². The van der Waals surface area contributed by atoms with E-state index in [2.05, 4.69) is 24.5 Å². The van der Waals surface area contributed by atoms with Crippen LogP contribution in [0.3, 0.4) is 0 Å². The maximum absolute atomic E-state index is 12.3. The van der Waals surface area contributed by atoms with Gasteiger partial charge in [-0.25, -0.2) is 0 Å². The summed E-state index contributed by atoms with van der Waals surface area (Å²) < 4.78 is 5.55. The van der Waals surface area contributed by atoms with Gasteiger partial charge in [-0.3, -0.25) is 14.4 Å². The molecular weight excluding hydrogens is 312 g/mol. The molecule has 24 heavy (non-hydrogen) atoms. The van der Waals surface area contributed by atoms with Gasteiger partial charge in [0.2, 0.25) is 0 Å². The summed E-state index contributed by atoms with van der Waals surface area (Å²) in [5, 5.41) is 13.6. The van der Waals surface area contributed by atoms with Gasteiger partial charge in [0.25, 0.3) is 11.8 Å². The van der Waals surface area contributed by atoms with Gasteiger partial charge in [-0.15, -0.1) is 0 Å². The number of anilines is 1. The first-order valence-corrected chi connectivity index (χ1v) is 7.91. The Morgan fingerprint density at radius 1 is 1.25 bits per heavy atom. The molecule has 1 saturated heterocycles. The predicted molar refractivity (Wildman–Crippen MR) is 87.7 cm³/mol. The summed E-state index contributed by atoms with van der Waals surface area (Å²) in [7, 11) is 0. The van der Waals surface area contributed by atoms with E-state index in [4.69, 9.17) is 9.84 Å². The Labute approximate surface area is 140 Å². The van der Waals surface area contributed by atoms with Crippen LogP contribution in [0.15, 0.2) is 24.3 Å². The molecule has 1 aromatic rings. The third-order valence-electron chi connectivity index (χ3n) is 4.07. The van der Waals surface area contributed by atoms with Crippen LogP contribution in [0, 0.1) is 11.8 Å². The maximum Gasteiger partial charge on any atom is 0.322 e. The second-order valence-corrected chi connectivity index (χ2v) is 6.13. The van der Waals surface area contributed by atoms with E-state index in [1.54, 1.807) is 12.1 Å². The van der Waals surface area contributed by atoms with Gasteiger partial charge < -0.3 is 20.5 Å². The molecule has 2 rings (SSSR count). The summed E-state index contributed by atoms with van der Waals surface area (Å²) in [5.41, 5.74) is 0.888. The van der Waals surface area contributed by atoms with E-state index in [1.807, 2.05) is 0 Å². The van der Waals surface area contributed by atoms with Crippen molar-refractivity contribution in [2.45, 2.75) is 26.4 Å². The minimum absolute atomic E-state index is 0.186.